The topological polar surface area (TPSA) is 49.3 Å². The molecule has 2 aromatic rings. The maximum absolute atomic E-state index is 11.5. The van der Waals surface area contributed by atoms with Gasteiger partial charge in [0, 0.05) is 16.3 Å². The largest absolute Gasteiger partial charge is 0.478 e. The number of carbonyl (C=O) groups is 1. The van der Waals surface area contributed by atoms with E-state index in [0.717, 1.165) is 19.9 Å². The van der Waals surface area contributed by atoms with Crippen LogP contribution in [0.2, 0.25) is 4.34 Å². The smallest absolute Gasteiger partial charge is 0.338 e. The number of anilines is 1. The van der Waals surface area contributed by atoms with Crippen molar-refractivity contribution >= 4 is 46.4 Å². The molecule has 0 aliphatic carbocycles. The lowest BCUT2D eigenvalue weighted by Gasteiger charge is -2.12. The molecular formula is C14H14ClNO2S2. The summed E-state index contributed by atoms with van der Waals surface area (Å²) >= 11 is 8.90. The van der Waals surface area contributed by atoms with Gasteiger partial charge in [-0.05, 0) is 30.0 Å². The molecule has 20 heavy (non-hydrogen) atoms. The average Bonchev–Trinajstić information content (AvgIpc) is 2.82. The number of carboxylic acid groups (broad SMARTS) is 1. The predicted octanol–water partition coefficient (Wildman–Crippen LogP) is 4.82. The monoisotopic (exact) mass is 327 g/mol. The Morgan fingerprint density at radius 3 is 2.80 bits per heavy atom. The first-order valence-electron chi connectivity index (χ1n) is 6.09. The van der Waals surface area contributed by atoms with Gasteiger partial charge >= 0.3 is 5.97 Å². The van der Waals surface area contributed by atoms with E-state index in [2.05, 4.69) is 5.32 Å². The van der Waals surface area contributed by atoms with Crippen LogP contribution in [0.4, 0.5) is 5.69 Å². The van der Waals surface area contributed by atoms with Crippen molar-refractivity contribution in [2.24, 2.45) is 0 Å². The quantitative estimate of drug-likeness (QED) is 0.746. The number of hydrogen-bond donors (Lipinski definition) is 2. The van der Waals surface area contributed by atoms with Gasteiger partial charge in [0.2, 0.25) is 0 Å². The first kappa shape index (κ1) is 15.2. The third-order valence-corrected chi connectivity index (χ3v) is 4.79. The third kappa shape index (κ3) is 3.69. The Morgan fingerprint density at radius 2 is 2.20 bits per heavy atom. The summed E-state index contributed by atoms with van der Waals surface area (Å²) in [4.78, 5) is 13.3. The van der Waals surface area contributed by atoms with Crippen LogP contribution in [0, 0.1) is 0 Å². The van der Waals surface area contributed by atoms with Crippen LogP contribution in [0.25, 0.3) is 0 Å². The van der Waals surface area contributed by atoms with Crippen LogP contribution in [-0.2, 0) is 6.54 Å². The van der Waals surface area contributed by atoms with Crippen molar-refractivity contribution in [3.8, 4) is 0 Å². The van der Waals surface area contributed by atoms with E-state index >= 15 is 0 Å². The minimum Gasteiger partial charge on any atom is -0.478 e. The van der Waals surface area contributed by atoms with E-state index in [4.69, 9.17) is 11.6 Å². The summed E-state index contributed by atoms with van der Waals surface area (Å²) in [5.74, 6) is -0.0715. The molecule has 0 aliphatic rings. The number of aromatic carboxylic acids is 1. The van der Waals surface area contributed by atoms with Crippen molar-refractivity contribution in [2.45, 2.75) is 18.4 Å². The molecule has 0 spiro atoms. The molecule has 6 heteroatoms. The molecule has 0 aliphatic heterocycles. The molecule has 0 radical (unpaired) electrons. The van der Waals surface area contributed by atoms with Crippen LogP contribution in [-0.4, -0.2) is 16.8 Å². The Bertz CT molecular complexity index is 613. The van der Waals surface area contributed by atoms with E-state index in [1.165, 1.54) is 23.1 Å². The zero-order valence-corrected chi connectivity index (χ0v) is 13.2. The molecule has 0 amide bonds. The molecule has 3 nitrogen and oxygen atoms in total. The highest BCUT2D eigenvalue weighted by Crippen LogP contribution is 2.29. The van der Waals surface area contributed by atoms with E-state index in [9.17, 15) is 9.90 Å². The van der Waals surface area contributed by atoms with Crippen LogP contribution < -0.4 is 5.32 Å². The van der Waals surface area contributed by atoms with Gasteiger partial charge in [-0.2, -0.15) is 0 Å². The molecule has 1 aromatic carbocycles. The van der Waals surface area contributed by atoms with Gasteiger partial charge in [0.25, 0.3) is 0 Å². The van der Waals surface area contributed by atoms with Gasteiger partial charge in [-0.1, -0.05) is 24.6 Å². The maximum Gasteiger partial charge on any atom is 0.338 e. The van der Waals surface area contributed by atoms with Gasteiger partial charge in [-0.3, -0.25) is 0 Å². The number of thioether (sulfide) groups is 1. The Balaban J connectivity index is 2.22. The van der Waals surface area contributed by atoms with Crippen molar-refractivity contribution in [2.75, 3.05) is 11.1 Å². The Labute approximate surface area is 131 Å². The molecule has 106 valence electrons. The minimum atomic E-state index is -0.909. The second-order valence-electron chi connectivity index (χ2n) is 3.98. The number of hydrogen-bond acceptors (Lipinski definition) is 4. The summed E-state index contributed by atoms with van der Waals surface area (Å²) in [6, 6.07) is 9.27. The highest BCUT2D eigenvalue weighted by molar-refractivity contribution is 7.99. The van der Waals surface area contributed by atoms with E-state index in [-0.39, 0.29) is 0 Å². The zero-order valence-electron chi connectivity index (χ0n) is 10.9. The second-order valence-corrected chi connectivity index (χ2v) is 7.08. The SMILES string of the molecule is CCSc1cccc(NCc2ccc(Cl)s2)c1C(=O)O. The molecule has 0 bridgehead atoms. The molecule has 2 N–H and O–H groups in total. The van der Waals surface area contributed by atoms with Crippen LogP contribution in [0.3, 0.4) is 0 Å². The van der Waals surface area contributed by atoms with Crippen molar-refractivity contribution in [1.82, 2.24) is 0 Å². The van der Waals surface area contributed by atoms with Gasteiger partial charge in [0.05, 0.1) is 15.6 Å². The zero-order chi connectivity index (χ0) is 14.5. The first-order chi connectivity index (χ1) is 9.61. The molecule has 0 unspecified atom stereocenters. The van der Waals surface area contributed by atoms with Gasteiger partial charge in [-0.25, -0.2) is 4.79 Å². The number of carboxylic acids is 1. The first-order valence-corrected chi connectivity index (χ1v) is 8.27. The third-order valence-electron chi connectivity index (χ3n) is 2.62. The van der Waals surface area contributed by atoms with E-state index in [1.807, 2.05) is 31.2 Å². The van der Waals surface area contributed by atoms with Gasteiger partial charge in [-0.15, -0.1) is 23.1 Å². The van der Waals surface area contributed by atoms with Crippen molar-refractivity contribution < 1.29 is 9.90 Å². The van der Waals surface area contributed by atoms with Gasteiger partial charge in [0.1, 0.15) is 0 Å². The Morgan fingerprint density at radius 1 is 1.40 bits per heavy atom. The highest BCUT2D eigenvalue weighted by atomic mass is 35.5. The standard InChI is InChI=1S/C14H14ClNO2S2/c1-2-19-11-5-3-4-10(13(11)14(17)18)16-8-9-6-7-12(15)20-9/h3-7,16H,2,8H2,1H3,(H,17,18). The average molecular weight is 328 g/mol. The van der Waals surface area contributed by atoms with Crippen molar-refractivity contribution in [3.63, 3.8) is 0 Å². The number of halogens is 1. The lowest BCUT2D eigenvalue weighted by Crippen LogP contribution is -2.07. The molecular weight excluding hydrogens is 314 g/mol. The predicted molar refractivity (Wildman–Crippen MR) is 86.5 cm³/mol. The fraction of sp³-hybridized carbons (Fsp3) is 0.214. The van der Waals surface area contributed by atoms with Crippen LogP contribution in [0.1, 0.15) is 22.2 Å². The number of nitrogens with one attached hydrogen (secondary N) is 1. The van der Waals surface area contributed by atoms with Crippen LogP contribution in [0.5, 0.6) is 0 Å². The minimum absolute atomic E-state index is 0.335. The van der Waals surface area contributed by atoms with Crippen molar-refractivity contribution in [3.05, 3.63) is 45.1 Å². The molecule has 0 saturated carbocycles. The summed E-state index contributed by atoms with van der Waals surface area (Å²) in [7, 11) is 0. The highest BCUT2D eigenvalue weighted by Gasteiger charge is 2.15. The number of thiophene rings is 1. The summed E-state index contributed by atoms with van der Waals surface area (Å²) < 4.78 is 0.732. The lowest BCUT2D eigenvalue weighted by atomic mass is 10.1. The Kier molecular flexibility index (Phi) is 5.34. The summed E-state index contributed by atoms with van der Waals surface area (Å²) in [5, 5.41) is 12.6. The van der Waals surface area contributed by atoms with Gasteiger partial charge < -0.3 is 10.4 Å². The molecule has 0 atom stereocenters. The maximum atomic E-state index is 11.5. The lowest BCUT2D eigenvalue weighted by molar-refractivity contribution is 0.0694. The number of benzene rings is 1. The molecule has 0 saturated heterocycles. The van der Waals surface area contributed by atoms with Gasteiger partial charge in [0.15, 0.2) is 0 Å². The van der Waals surface area contributed by atoms with E-state index in [1.54, 1.807) is 6.07 Å². The van der Waals surface area contributed by atoms with Crippen molar-refractivity contribution in [1.29, 1.82) is 0 Å². The molecule has 2 rings (SSSR count). The molecule has 1 aromatic heterocycles. The summed E-state index contributed by atoms with van der Waals surface area (Å²) in [6.07, 6.45) is 0. The summed E-state index contributed by atoms with van der Waals surface area (Å²) in [5.41, 5.74) is 0.975. The fourth-order valence-electron chi connectivity index (χ4n) is 1.80. The summed E-state index contributed by atoms with van der Waals surface area (Å²) in [6.45, 7) is 2.57. The van der Waals surface area contributed by atoms with E-state index in [0.29, 0.717) is 17.8 Å². The second kappa shape index (κ2) is 7.02. The van der Waals surface area contributed by atoms with Crippen LogP contribution in [0.15, 0.2) is 35.2 Å². The normalized spacial score (nSPS) is 10.5. The number of rotatable bonds is 6. The fourth-order valence-corrected chi connectivity index (χ4v) is 3.66. The Hall–Kier alpha value is -1.17. The van der Waals surface area contributed by atoms with E-state index < -0.39 is 5.97 Å². The van der Waals surface area contributed by atoms with Crippen LogP contribution >= 0.6 is 34.7 Å². The molecule has 0 fully saturated rings. The molecule has 1 heterocycles.